The minimum atomic E-state index is -0.990. The van der Waals surface area contributed by atoms with Crippen molar-refractivity contribution in [2.75, 3.05) is 0 Å². The summed E-state index contributed by atoms with van der Waals surface area (Å²) >= 11 is 0. The molecule has 0 bridgehead atoms. The van der Waals surface area contributed by atoms with Gasteiger partial charge in [0, 0.05) is 17.2 Å². The molecule has 0 aromatic heterocycles. The summed E-state index contributed by atoms with van der Waals surface area (Å²) in [5.41, 5.74) is 2.51. The number of benzene rings is 2. The van der Waals surface area contributed by atoms with Crippen LogP contribution in [0.3, 0.4) is 0 Å². The fourth-order valence-corrected chi connectivity index (χ4v) is 1.68. The standard InChI is InChI=1S/C19H14O2/c20-19(21)14-13-18(15-17-9-5-2-6-10-17)12-11-16-7-3-1-4-8-16/h1-10,13-15H,(H,20,21)/b14-13-,18-15+. The van der Waals surface area contributed by atoms with E-state index in [0.29, 0.717) is 5.57 Å². The van der Waals surface area contributed by atoms with Crippen molar-refractivity contribution in [1.82, 2.24) is 0 Å². The molecule has 0 aliphatic heterocycles. The maximum absolute atomic E-state index is 10.7. The highest BCUT2D eigenvalue weighted by molar-refractivity contribution is 5.81. The monoisotopic (exact) mass is 274 g/mol. The topological polar surface area (TPSA) is 37.3 Å². The molecule has 0 unspecified atom stereocenters. The quantitative estimate of drug-likeness (QED) is 0.525. The van der Waals surface area contributed by atoms with Gasteiger partial charge in [0.1, 0.15) is 0 Å². The van der Waals surface area contributed by atoms with Gasteiger partial charge in [-0.3, -0.25) is 0 Å². The molecule has 2 aromatic rings. The second-order valence-corrected chi connectivity index (χ2v) is 4.30. The normalized spacial score (nSPS) is 11.0. The first-order valence-corrected chi connectivity index (χ1v) is 6.49. The number of carboxylic acids is 1. The minimum absolute atomic E-state index is 0.646. The molecule has 0 atom stereocenters. The molecule has 2 nitrogen and oxygen atoms in total. The summed E-state index contributed by atoms with van der Waals surface area (Å²) in [7, 11) is 0. The van der Waals surface area contributed by atoms with Gasteiger partial charge < -0.3 is 5.11 Å². The van der Waals surface area contributed by atoms with Gasteiger partial charge in [-0.25, -0.2) is 4.79 Å². The number of allylic oxidation sites excluding steroid dienone is 2. The average Bonchev–Trinajstić information content (AvgIpc) is 2.52. The maximum Gasteiger partial charge on any atom is 0.328 e. The van der Waals surface area contributed by atoms with Crippen molar-refractivity contribution in [3.05, 3.63) is 89.5 Å². The second-order valence-electron chi connectivity index (χ2n) is 4.30. The molecule has 1 N–H and O–H groups in total. The van der Waals surface area contributed by atoms with Crippen molar-refractivity contribution in [2.45, 2.75) is 0 Å². The van der Waals surface area contributed by atoms with Crippen molar-refractivity contribution < 1.29 is 9.90 Å². The van der Waals surface area contributed by atoms with Crippen LogP contribution in [-0.4, -0.2) is 11.1 Å². The van der Waals surface area contributed by atoms with Crippen LogP contribution in [0.4, 0.5) is 0 Å². The van der Waals surface area contributed by atoms with Gasteiger partial charge in [0.05, 0.1) is 0 Å². The Morgan fingerprint density at radius 2 is 1.52 bits per heavy atom. The van der Waals surface area contributed by atoms with E-state index in [9.17, 15) is 4.79 Å². The Morgan fingerprint density at radius 1 is 0.905 bits per heavy atom. The zero-order valence-electron chi connectivity index (χ0n) is 11.4. The van der Waals surface area contributed by atoms with E-state index >= 15 is 0 Å². The van der Waals surface area contributed by atoms with Crippen LogP contribution >= 0.6 is 0 Å². The predicted octanol–water partition coefficient (Wildman–Crippen LogP) is 3.76. The van der Waals surface area contributed by atoms with E-state index in [4.69, 9.17) is 5.11 Å². The third-order valence-electron chi connectivity index (χ3n) is 2.65. The van der Waals surface area contributed by atoms with Crippen LogP contribution in [0.2, 0.25) is 0 Å². The summed E-state index contributed by atoms with van der Waals surface area (Å²) in [4.78, 5) is 10.7. The number of hydrogen-bond donors (Lipinski definition) is 1. The van der Waals surface area contributed by atoms with Gasteiger partial charge in [-0.2, -0.15) is 0 Å². The Hall–Kier alpha value is -3.05. The average molecular weight is 274 g/mol. The Bertz CT molecular complexity index is 714. The van der Waals surface area contributed by atoms with E-state index in [0.717, 1.165) is 17.2 Å². The molecule has 0 heterocycles. The number of carboxylic acid groups (broad SMARTS) is 1. The molecule has 102 valence electrons. The molecule has 0 aliphatic carbocycles. The molecule has 0 aliphatic rings. The number of carbonyl (C=O) groups is 1. The highest BCUT2D eigenvalue weighted by Crippen LogP contribution is 2.08. The zero-order valence-corrected chi connectivity index (χ0v) is 11.4. The molecule has 2 aromatic carbocycles. The van der Waals surface area contributed by atoms with Crippen LogP contribution < -0.4 is 0 Å². The molecule has 0 fully saturated rings. The molecule has 0 saturated carbocycles. The fourth-order valence-electron chi connectivity index (χ4n) is 1.68. The Morgan fingerprint density at radius 3 is 2.14 bits per heavy atom. The summed E-state index contributed by atoms with van der Waals surface area (Å²) in [6, 6.07) is 19.2. The largest absolute Gasteiger partial charge is 0.478 e. The summed E-state index contributed by atoms with van der Waals surface area (Å²) in [5, 5.41) is 8.75. The van der Waals surface area contributed by atoms with Crippen molar-refractivity contribution >= 4 is 12.0 Å². The van der Waals surface area contributed by atoms with Crippen LogP contribution in [0.25, 0.3) is 6.08 Å². The van der Waals surface area contributed by atoms with Crippen molar-refractivity contribution in [2.24, 2.45) is 0 Å². The summed E-state index contributed by atoms with van der Waals surface area (Å²) < 4.78 is 0. The molecule has 0 spiro atoms. The molecule has 2 heteroatoms. The molecular formula is C19H14O2. The molecule has 2 rings (SSSR count). The second kappa shape index (κ2) is 7.52. The van der Waals surface area contributed by atoms with E-state index in [1.807, 2.05) is 66.7 Å². The first kappa shape index (κ1) is 14.4. The van der Waals surface area contributed by atoms with Crippen LogP contribution in [0.15, 0.2) is 78.4 Å². The Balaban J connectivity index is 2.31. The van der Waals surface area contributed by atoms with Crippen LogP contribution in [0.1, 0.15) is 11.1 Å². The third kappa shape index (κ3) is 5.22. The van der Waals surface area contributed by atoms with Gasteiger partial charge in [0.15, 0.2) is 0 Å². The smallest absolute Gasteiger partial charge is 0.328 e. The van der Waals surface area contributed by atoms with Crippen LogP contribution in [0.5, 0.6) is 0 Å². The van der Waals surface area contributed by atoms with Gasteiger partial charge in [0.2, 0.25) is 0 Å². The van der Waals surface area contributed by atoms with Gasteiger partial charge in [-0.1, -0.05) is 60.4 Å². The van der Waals surface area contributed by atoms with Crippen molar-refractivity contribution in [1.29, 1.82) is 0 Å². The lowest BCUT2D eigenvalue weighted by Crippen LogP contribution is -1.86. The predicted molar refractivity (Wildman–Crippen MR) is 84.5 cm³/mol. The SMILES string of the molecule is O=C(O)/C=C\C(C#Cc1ccccc1)=C\c1ccccc1. The van der Waals surface area contributed by atoms with Gasteiger partial charge in [0.25, 0.3) is 0 Å². The number of rotatable bonds is 3. The molecule has 0 radical (unpaired) electrons. The maximum atomic E-state index is 10.7. The van der Waals surface area contributed by atoms with Crippen molar-refractivity contribution in [3.8, 4) is 11.8 Å². The summed E-state index contributed by atoms with van der Waals surface area (Å²) in [5.74, 6) is 5.04. The molecule has 21 heavy (non-hydrogen) atoms. The van der Waals surface area contributed by atoms with E-state index in [1.54, 1.807) is 0 Å². The fraction of sp³-hybridized carbons (Fsp3) is 0. The van der Waals surface area contributed by atoms with E-state index in [2.05, 4.69) is 11.8 Å². The minimum Gasteiger partial charge on any atom is -0.478 e. The van der Waals surface area contributed by atoms with E-state index in [1.165, 1.54) is 6.08 Å². The first-order chi connectivity index (χ1) is 10.2. The van der Waals surface area contributed by atoms with E-state index < -0.39 is 5.97 Å². The lowest BCUT2D eigenvalue weighted by Gasteiger charge is -1.94. The molecular weight excluding hydrogens is 260 g/mol. The summed E-state index contributed by atoms with van der Waals surface area (Å²) in [6.07, 6.45) is 4.45. The summed E-state index contributed by atoms with van der Waals surface area (Å²) in [6.45, 7) is 0. The number of hydrogen-bond acceptors (Lipinski definition) is 1. The van der Waals surface area contributed by atoms with E-state index in [-0.39, 0.29) is 0 Å². The lowest BCUT2D eigenvalue weighted by atomic mass is 10.1. The lowest BCUT2D eigenvalue weighted by molar-refractivity contribution is -0.131. The van der Waals surface area contributed by atoms with Gasteiger partial charge >= 0.3 is 5.97 Å². The third-order valence-corrected chi connectivity index (χ3v) is 2.65. The Kier molecular flexibility index (Phi) is 5.14. The van der Waals surface area contributed by atoms with Crippen LogP contribution in [0, 0.1) is 11.8 Å². The van der Waals surface area contributed by atoms with Crippen LogP contribution in [-0.2, 0) is 4.79 Å². The molecule has 0 amide bonds. The highest BCUT2D eigenvalue weighted by Gasteiger charge is 1.92. The zero-order chi connectivity index (χ0) is 14.9. The van der Waals surface area contributed by atoms with Crippen molar-refractivity contribution in [3.63, 3.8) is 0 Å². The molecule has 0 saturated heterocycles. The highest BCUT2D eigenvalue weighted by atomic mass is 16.4. The number of aliphatic carboxylic acids is 1. The van der Waals surface area contributed by atoms with Gasteiger partial charge in [-0.05, 0) is 29.8 Å². The first-order valence-electron chi connectivity index (χ1n) is 6.49. The Labute approximate surface area is 124 Å². The van der Waals surface area contributed by atoms with Gasteiger partial charge in [-0.15, -0.1) is 0 Å².